The van der Waals surface area contributed by atoms with Gasteiger partial charge in [0, 0.05) is 19.3 Å². The summed E-state index contributed by atoms with van der Waals surface area (Å²) in [6.45, 7) is 3.49. The van der Waals surface area contributed by atoms with Crippen LogP contribution in [0.2, 0.25) is 0 Å². The number of carbonyl (C=O) groups is 3. The Balaban J connectivity index is 1.71. The van der Waals surface area contributed by atoms with Gasteiger partial charge in [-0.25, -0.2) is 4.57 Å². The van der Waals surface area contributed by atoms with Crippen molar-refractivity contribution in [1.29, 1.82) is 0 Å². The van der Waals surface area contributed by atoms with Gasteiger partial charge in [-0.2, -0.15) is 0 Å². The maximum atomic E-state index is 14.3. The predicted molar refractivity (Wildman–Crippen MR) is 375 cm³/mol. The molecule has 0 spiro atoms. The molecule has 0 aromatic rings. The lowest BCUT2D eigenvalue weighted by Gasteiger charge is -2.49. The fourth-order valence-electron chi connectivity index (χ4n) is 13.2. The van der Waals surface area contributed by atoms with Crippen LogP contribution in [-0.2, 0) is 61.2 Å². The first-order chi connectivity index (χ1) is 47.8. The molecule has 1 aliphatic carbocycles. The molecule has 2 heterocycles. The van der Waals surface area contributed by atoms with Crippen LogP contribution in [0, 0.1) is 0 Å². The number of hydrogen-bond acceptors (Lipinski definition) is 23. The Morgan fingerprint density at radius 2 is 0.646 bits per heavy atom. The minimum Gasteiger partial charge on any atom is -0.463 e. The molecule has 18 unspecified atom stereocenters. The maximum absolute atomic E-state index is 14.3. The molecule has 0 radical (unpaired) electrons. The van der Waals surface area contributed by atoms with Crippen LogP contribution < -0.4 is 0 Å². The molecule has 3 rings (SSSR count). The van der Waals surface area contributed by atoms with Gasteiger partial charge in [-0.15, -0.1) is 0 Å². The second-order valence-electron chi connectivity index (χ2n) is 28.4. The molecule has 11 N–H and O–H groups in total. The summed E-state index contributed by atoms with van der Waals surface area (Å²) in [5, 5.41) is 110. The van der Waals surface area contributed by atoms with Crippen LogP contribution in [0.5, 0.6) is 0 Å². The topological polar surface area (TPSA) is 374 Å². The molecule has 2 saturated heterocycles. The number of carbonyl (C=O) groups excluding carboxylic acids is 3. The van der Waals surface area contributed by atoms with E-state index in [1.54, 1.807) is 0 Å². The minimum absolute atomic E-state index is 0.0329. The lowest BCUT2D eigenvalue weighted by molar-refractivity contribution is -0.360. The van der Waals surface area contributed by atoms with Crippen molar-refractivity contribution >= 4 is 25.7 Å². The number of unbranched alkanes of at least 4 members (excludes halogenated alkanes) is 41. The molecule has 0 aromatic carbocycles. The van der Waals surface area contributed by atoms with Crippen LogP contribution >= 0.6 is 7.82 Å². The highest BCUT2D eigenvalue weighted by Crippen LogP contribution is 2.49. The number of ether oxygens (including phenoxy) is 7. The highest BCUT2D eigenvalue weighted by molar-refractivity contribution is 7.47. The van der Waals surface area contributed by atoms with E-state index in [0.29, 0.717) is 19.3 Å². The van der Waals surface area contributed by atoms with Gasteiger partial charge in [0.25, 0.3) is 0 Å². The fourth-order valence-corrected chi connectivity index (χ4v) is 14.2. The maximum Gasteiger partial charge on any atom is 0.472 e. The molecule has 0 bridgehead atoms. The summed E-state index contributed by atoms with van der Waals surface area (Å²) >= 11 is 0. The van der Waals surface area contributed by atoms with Crippen molar-refractivity contribution in [2.75, 3.05) is 26.4 Å². The third-order valence-corrected chi connectivity index (χ3v) is 20.6. The van der Waals surface area contributed by atoms with Crippen molar-refractivity contribution < 1.29 is 117 Å². The summed E-state index contributed by atoms with van der Waals surface area (Å²) in [4.78, 5) is 51.1. The first kappa shape index (κ1) is 91.2. The van der Waals surface area contributed by atoms with Crippen molar-refractivity contribution in [2.24, 2.45) is 0 Å². The SMILES string of the molecule is CCCCCCCCCCCCCCCCCCCC(=O)OCC(COP(=O)(O)OC1C(OC2OC(CO)C(O)C(O)C2O)C(O)C(O)C(O)C1OC1OC(COC(=O)CCCCCCCCCCCCCCC)C(O)C(O)C1O)OC(=O)CCCCCCCCCCCCCCCC. The van der Waals surface area contributed by atoms with Crippen molar-refractivity contribution in [1.82, 2.24) is 0 Å². The number of aliphatic hydroxyl groups excluding tert-OH is 10. The molecular weight excluding hydrogens is 1300 g/mol. The van der Waals surface area contributed by atoms with Gasteiger partial charge in [0.15, 0.2) is 18.7 Å². The van der Waals surface area contributed by atoms with Crippen LogP contribution in [-0.4, -0.2) is 204 Å². The first-order valence-corrected chi connectivity index (χ1v) is 40.8. The van der Waals surface area contributed by atoms with Crippen LogP contribution in [0.4, 0.5) is 0 Å². The van der Waals surface area contributed by atoms with Gasteiger partial charge >= 0.3 is 25.7 Å². The van der Waals surface area contributed by atoms with Crippen molar-refractivity contribution in [3.63, 3.8) is 0 Å². The Bertz CT molecular complexity index is 2050. The molecule has 24 nitrogen and oxygen atoms in total. The van der Waals surface area contributed by atoms with Crippen molar-refractivity contribution in [2.45, 2.75) is 427 Å². The molecule has 0 amide bonds. The molecular formula is C74H139O24P. The summed E-state index contributed by atoms with van der Waals surface area (Å²) in [6, 6.07) is 0. The van der Waals surface area contributed by atoms with Gasteiger partial charge in [-0.3, -0.25) is 23.4 Å². The Morgan fingerprint density at radius 3 is 0.990 bits per heavy atom. The largest absolute Gasteiger partial charge is 0.472 e. The van der Waals surface area contributed by atoms with E-state index < -0.39 is 156 Å². The van der Waals surface area contributed by atoms with Gasteiger partial charge in [0.05, 0.1) is 13.2 Å². The van der Waals surface area contributed by atoms with Crippen molar-refractivity contribution in [3.05, 3.63) is 0 Å². The minimum atomic E-state index is -5.69. The van der Waals surface area contributed by atoms with Crippen LogP contribution in [0.25, 0.3) is 0 Å². The fraction of sp³-hybridized carbons (Fsp3) is 0.959. The standard InChI is InChI=1S/C74H139O24P/c1-4-7-10-13-16-19-22-25-27-28-29-32-34-36-39-42-45-48-58(76)90-52-55(93-60(78)50-47-44-41-38-35-31-26-23-20-17-14-11-8-5-2)53-92-99(88,89)98-72-70(96-73-68(86)63(81)61(79)56(51-75)94-73)66(84)65(83)67(85)71(72)97-74-69(87)64(82)62(80)57(95-74)54-91-59(77)49-46-43-40-37-33-30-24-21-18-15-12-9-6-3/h55-57,61-75,79-87H,4-54H2,1-3H3,(H,88,89). The van der Waals surface area contributed by atoms with Gasteiger partial charge in [-0.05, 0) is 19.3 Å². The van der Waals surface area contributed by atoms with Crippen LogP contribution in [0.15, 0.2) is 0 Å². The predicted octanol–water partition coefficient (Wildman–Crippen LogP) is 11.4. The van der Waals surface area contributed by atoms with E-state index in [1.807, 2.05) is 0 Å². The van der Waals surface area contributed by atoms with Gasteiger partial charge in [0.1, 0.15) is 98.7 Å². The molecule has 25 heteroatoms. The van der Waals surface area contributed by atoms with E-state index in [-0.39, 0.29) is 19.3 Å². The normalized spacial score (nSPS) is 27.4. The smallest absolute Gasteiger partial charge is 0.463 e. The summed E-state index contributed by atoms with van der Waals surface area (Å²) in [7, 11) is -5.69. The molecule has 2 aliphatic heterocycles. The van der Waals surface area contributed by atoms with Gasteiger partial charge in [0.2, 0.25) is 0 Å². The zero-order chi connectivity index (χ0) is 72.5. The van der Waals surface area contributed by atoms with Crippen LogP contribution in [0.3, 0.4) is 0 Å². The average Bonchev–Trinajstić information content (AvgIpc) is 0.757. The van der Waals surface area contributed by atoms with E-state index in [2.05, 4.69) is 20.8 Å². The Labute approximate surface area is 593 Å². The monoisotopic (exact) mass is 1440 g/mol. The second-order valence-corrected chi connectivity index (χ2v) is 29.8. The van der Waals surface area contributed by atoms with E-state index >= 15 is 0 Å². The number of aliphatic hydroxyl groups is 10. The van der Waals surface area contributed by atoms with E-state index in [0.717, 1.165) is 89.9 Å². The number of rotatable bonds is 62. The number of phosphoric acid groups is 1. The molecule has 0 aromatic heterocycles. The Hall–Kier alpha value is -2.04. The zero-order valence-corrected chi connectivity index (χ0v) is 61.9. The molecule has 18 atom stereocenters. The van der Waals surface area contributed by atoms with E-state index in [4.69, 9.17) is 42.2 Å². The number of phosphoric ester groups is 1. The van der Waals surface area contributed by atoms with E-state index in [9.17, 15) is 74.9 Å². The summed E-state index contributed by atoms with van der Waals surface area (Å²) in [5.74, 6) is -1.97. The quantitative estimate of drug-likeness (QED) is 0.0117. The molecule has 3 fully saturated rings. The van der Waals surface area contributed by atoms with Crippen molar-refractivity contribution in [3.8, 4) is 0 Å². The molecule has 1 saturated carbocycles. The zero-order valence-electron chi connectivity index (χ0n) is 61.1. The number of hydrogen-bond donors (Lipinski definition) is 11. The highest BCUT2D eigenvalue weighted by Gasteiger charge is 2.58. The lowest BCUT2D eigenvalue weighted by Crippen LogP contribution is -2.69. The summed E-state index contributed by atoms with van der Waals surface area (Å²) < 4.78 is 65.1. The molecule has 584 valence electrons. The third kappa shape index (κ3) is 39.2. The third-order valence-electron chi connectivity index (χ3n) is 19.6. The summed E-state index contributed by atoms with van der Waals surface area (Å²) in [5.41, 5.74) is 0. The highest BCUT2D eigenvalue weighted by atomic mass is 31.2. The van der Waals surface area contributed by atoms with E-state index in [1.165, 1.54) is 173 Å². The first-order valence-electron chi connectivity index (χ1n) is 39.3. The van der Waals surface area contributed by atoms with Gasteiger partial charge in [-0.1, -0.05) is 284 Å². The second kappa shape index (κ2) is 56.3. The lowest BCUT2D eigenvalue weighted by atomic mass is 9.84. The molecule has 3 aliphatic rings. The Kier molecular flexibility index (Phi) is 51.9. The average molecular weight is 1440 g/mol. The molecule has 99 heavy (non-hydrogen) atoms. The summed E-state index contributed by atoms with van der Waals surface area (Å²) in [6.07, 6.45) is 14.4. The Morgan fingerprint density at radius 1 is 0.354 bits per heavy atom. The van der Waals surface area contributed by atoms with Gasteiger partial charge < -0.3 is 89.1 Å². The van der Waals surface area contributed by atoms with Crippen LogP contribution in [0.1, 0.15) is 323 Å². The number of esters is 3.